The smallest absolute Gasteiger partial charge is 0.342 e. The van der Waals surface area contributed by atoms with Crippen LogP contribution in [0, 0.1) is 0 Å². The van der Waals surface area contributed by atoms with Crippen molar-refractivity contribution in [1.29, 1.82) is 0 Å². The average Bonchev–Trinajstić information content (AvgIpc) is 2.81. The maximum Gasteiger partial charge on any atom is 0.342 e. The summed E-state index contributed by atoms with van der Waals surface area (Å²) < 4.78 is 21.7. The van der Waals surface area contributed by atoms with E-state index in [1.54, 1.807) is 42.5 Å². The summed E-state index contributed by atoms with van der Waals surface area (Å²) in [5.41, 5.74) is 1.68. The van der Waals surface area contributed by atoms with E-state index in [1.165, 1.54) is 13.2 Å². The Morgan fingerprint density at radius 2 is 1.68 bits per heavy atom. The van der Waals surface area contributed by atoms with E-state index in [9.17, 15) is 9.59 Å². The Bertz CT molecular complexity index is 1260. The summed E-state index contributed by atoms with van der Waals surface area (Å²) in [5.74, 6) is 0.450. The Morgan fingerprint density at radius 3 is 2.48 bits per heavy atom. The van der Waals surface area contributed by atoms with Crippen molar-refractivity contribution in [3.8, 4) is 11.5 Å². The Labute approximate surface area is 178 Å². The van der Waals surface area contributed by atoms with Gasteiger partial charge in [-0.2, -0.15) is 0 Å². The molecule has 1 heterocycles. The van der Waals surface area contributed by atoms with Crippen molar-refractivity contribution in [1.82, 2.24) is 0 Å². The largest absolute Gasteiger partial charge is 0.497 e. The number of hydrogen-bond donors (Lipinski definition) is 0. The molecule has 3 aromatic carbocycles. The highest BCUT2D eigenvalue weighted by molar-refractivity contribution is 5.92. The molecule has 0 radical (unpaired) electrons. The van der Waals surface area contributed by atoms with E-state index in [2.05, 4.69) is 0 Å². The first-order valence-corrected chi connectivity index (χ1v) is 9.67. The number of ether oxygens (including phenoxy) is 3. The van der Waals surface area contributed by atoms with Crippen molar-refractivity contribution in [3.63, 3.8) is 0 Å². The minimum Gasteiger partial charge on any atom is -0.497 e. The molecule has 6 heteroatoms. The molecule has 0 bridgehead atoms. The standard InChI is InChI=1S/C25H20O6/c1-28-19-11-12-20-18(13-24(26)31-23(20)14-19)16-30-25(27)21-9-5-6-10-22(21)29-15-17-7-3-2-4-8-17/h2-14H,15-16H2,1H3. The second kappa shape index (κ2) is 9.17. The molecular formula is C25H20O6. The summed E-state index contributed by atoms with van der Waals surface area (Å²) in [6.07, 6.45) is 0. The van der Waals surface area contributed by atoms with Gasteiger partial charge in [-0.25, -0.2) is 9.59 Å². The Balaban J connectivity index is 1.51. The van der Waals surface area contributed by atoms with Crippen LogP contribution in [-0.4, -0.2) is 13.1 Å². The third-order valence-corrected chi connectivity index (χ3v) is 4.74. The lowest BCUT2D eigenvalue weighted by atomic mass is 10.1. The van der Waals surface area contributed by atoms with Crippen LogP contribution in [0.3, 0.4) is 0 Å². The van der Waals surface area contributed by atoms with Crippen LogP contribution in [0.5, 0.6) is 11.5 Å². The van der Waals surface area contributed by atoms with Gasteiger partial charge in [0.15, 0.2) is 0 Å². The first kappa shape index (κ1) is 20.2. The highest BCUT2D eigenvalue weighted by Crippen LogP contribution is 2.24. The zero-order chi connectivity index (χ0) is 21.6. The number of benzene rings is 3. The van der Waals surface area contributed by atoms with Gasteiger partial charge in [-0.15, -0.1) is 0 Å². The van der Waals surface area contributed by atoms with Gasteiger partial charge >= 0.3 is 11.6 Å². The summed E-state index contributed by atoms with van der Waals surface area (Å²) in [4.78, 5) is 24.7. The summed E-state index contributed by atoms with van der Waals surface area (Å²) in [6, 6.07) is 23.0. The molecule has 0 unspecified atom stereocenters. The van der Waals surface area contributed by atoms with Gasteiger partial charge in [0, 0.05) is 23.1 Å². The predicted molar refractivity (Wildman–Crippen MR) is 115 cm³/mol. The fourth-order valence-electron chi connectivity index (χ4n) is 3.17. The number of carbonyl (C=O) groups excluding carboxylic acids is 1. The van der Waals surface area contributed by atoms with Gasteiger partial charge in [0.05, 0.1) is 7.11 Å². The summed E-state index contributed by atoms with van der Waals surface area (Å²) in [7, 11) is 1.53. The monoisotopic (exact) mass is 416 g/mol. The molecule has 0 spiro atoms. The number of hydrogen-bond acceptors (Lipinski definition) is 6. The Kier molecular flexibility index (Phi) is 5.98. The molecule has 0 aliphatic heterocycles. The maximum atomic E-state index is 12.7. The van der Waals surface area contributed by atoms with Crippen LogP contribution in [0.1, 0.15) is 21.5 Å². The van der Waals surface area contributed by atoms with Crippen LogP contribution < -0.4 is 15.1 Å². The molecule has 0 amide bonds. The van der Waals surface area contributed by atoms with Gasteiger partial charge < -0.3 is 18.6 Å². The Morgan fingerprint density at radius 1 is 0.903 bits per heavy atom. The third-order valence-electron chi connectivity index (χ3n) is 4.74. The van der Waals surface area contributed by atoms with Gasteiger partial charge in [-0.3, -0.25) is 0 Å². The molecule has 4 aromatic rings. The molecule has 156 valence electrons. The number of rotatable bonds is 7. The van der Waals surface area contributed by atoms with E-state index in [0.717, 1.165) is 5.56 Å². The van der Waals surface area contributed by atoms with Crippen molar-refractivity contribution in [2.75, 3.05) is 7.11 Å². The SMILES string of the molecule is COc1ccc2c(COC(=O)c3ccccc3OCc3ccccc3)cc(=O)oc2c1. The molecule has 0 aliphatic rings. The molecule has 31 heavy (non-hydrogen) atoms. The number of methoxy groups -OCH3 is 1. The van der Waals surface area contributed by atoms with Gasteiger partial charge in [0.1, 0.15) is 35.9 Å². The third kappa shape index (κ3) is 4.75. The number of para-hydroxylation sites is 1. The molecule has 0 aliphatic carbocycles. The topological polar surface area (TPSA) is 75.0 Å². The zero-order valence-electron chi connectivity index (χ0n) is 16.9. The van der Waals surface area contributed by atoms with Gasteiger partial charge in [-0.1, -0.05) is 42.5 Å². The molecule has 1 aromatic heterocycles. The van der Waals surface area contributed by atoms with Crippen LogP contribution in [0.25, 0.3) is 11.0 Å². The van der Waals surface area contributed by atoms with Crippen molar-refractivity contribution in [2.45, 2.75) is 13.2 Å². The number of carbonyl (C=O) groups is 1. The van der Waals surface area contributed by atoms with Crippen LogP contribution in [0.15, 0.2) is 88.1 Å². The fraction of sp³-hybridized carbons (Fsp3) is 0.120. The van der Waals surface area contributed by atoms with Gasteiger partial charge in [0.2, 0.25) is 0 Å². The number of fused-ring (bicyclic) bond motifs is 1. The van der Waals surface area contributed by atoms with E-state index >= 15 is 0 Å². The van der Waals surface area contributed by atoms with E-state index in [1.807, 2.05) is 30.3 Å². The van der Waals surface area contributed by atoms with Crippen molar-refractivity contribution >= 4 is 16.9 Å². The first-order chi connectivity index (χ1) is 15.1. The molecule has 4 rings (SSSR count). The predicted octanol–water partition coefficient (Wildman–Crippen LogP) is 4.74. The van der Waals surface area contributed by atoms with E-state index in [0.29, 0.717) is 40.2 Å². The molecule has 6 nitrogen and oxygen atoms in total. The lowest BCUT2D eigenvalue weighted by Crippen LogP contribution is -2.10. The van der Waals surface area contributed by atoms with Crippen molar-refractivity contribution < 1.29 is 23.4 Å². The van der Waals surface area contributed by atoms with Crippen molar-refractivity contribution in [2.24, 2.45) is 0 Å². The molecule has 0 atom stereocenters. The lowest BCUT2D eigenvalue weighted by molar-refractivity contribution is 0.0468. The summed E-state index contributed by atoms with van der Waals surface area (Å²) in [5, 5.41) is 0.668. The van der Waals surface area contributed by atoms with Crippen LogP contribution in [0.2, 0.25) is 0 Å². The summed E-state index contributed by atoms with van der Waals surface area (Å²) >= 11 is 0. The van der Waals surface area contributed by atoms with Gasteiger partial charge in [0.25, 0.3) is 0 Å². The van der Waals surface area contributed by atoms with Crippen LogP contribution >= 0.6 is 0 Å². The fourth-order valence-corrected chi connectivity index (χ4v) is 3.17. The lowest BCUT2D eigenvalue weighted by Gasteiger charge is -2.12. The van der Waals surface area contributed by atoms with Gasteiger partial charge in [-0.05, 0) is 29.8 Å². The second-order valence-electron chi connectivity index (χ2n) is 6.80. The molecule has 0 N–H and O–H groups in total. The zero-order valence-corrected chi connectivity index (χ0v) is 16.9. The number of esters is 1. The highest BCUT2D eigenvalue weighted by Gasteiger charge is 2.15. The van der Waals surface area contributed by atoms with E-state index in [4.69, 9.17) is 18.6 Å². The minimum absolute atomic E-state index is 0.0831. The highest BCUT2D eigenvalue weighted by atomic mass is 16.5. The summed E-state index contributed by atoms with van der Waals surface area (Å²) in [6.45, 7) is 0.248. The molecular weight excluding hydrogens is 396 g/mol. The quantitative estimate of drug-likeness (QED) is 0.320. The molecule has 0 fully saturated rings. The van der Waals surface area contributed by atoms with Crippen LogP contribution in [0.4, 0.5) is 0 Å². The van der Waals surface area contributed by atoms with E-state index in [-0.39, 0.29) is 6.61 Å². The molecule has 0 saturated carbocycles. The normalized spacial score (nSPS) is 10.6. The van der Waals surface area contributed by atoms with E-state index < -0.39 is 11.6 Å². The Hall–Kier alpha value is -4.06. The molecule has 0 saturated heterocycles. The maximum absolute atomic E-state index is 12.7. The average molecular weight is 416 g/mol. The minimum atomic E-state index is -0.543. The second-order valence-corrected chi connectivity index (χ2v) is 6.80. The van der Waals surface area contributed by atoms with Crippen LogP contribution in [-0.2, 0) is 18.0 Å². The first-order valence-electron chi connectivity index (χ1n) is 9.67. The van der Waals surface area contributed by atoms with Crippen molar-refractivity contribution in [3.05, 3.63) is 106 Å².